The smallest absolute Gasteiger partial charge is 0.0843 e. The van der Waals surface area contributed by atoms with E-state index in [1.165, 1.54) is 0 Å². The SMILES string of the molecule is CC1OCCC1C(O)c1ccc2ncccc2c1. The van der Waals surface area contributed by atoms with E-state index in [9.17, 15) is 5.11 Å². The number of aliphatic hydroxyl groups excluding tert-OH is 1. The van der Waals surface area contributed by atoms with Gasteiger partial charge in [-0.25, -0.2) is 0 Å². The molecule has 0 spiro atoms. The molecule has 2 heterocycles. The van der Waals surface area contributed by atoms with Crippen molar-refractivity contribution in [3.05, 3.63) is 42.1 Å². The summed E-state index contributed by atoms with van der Waals surface area (Å²) in [4.78, 5) is 4.29. The molecule has 18 heavy (non-hydrogen) atoms. The Hall–Kier alpha value is -1.45. The van der Waals surface area contributed by atoms with Gasteiger partial charge in [-0.05, 0) is 37.1 Å². The highest BCUT2D eigenvalue weighted by Gasteiger charge is 2.31. The molecule has 94 valence electrons. The number of hydrogen-bond donors (Lipinski definition) is 1. The summed E-state index contributed by atoms with van der Waals surface area (Å²) in [6, 6.07) is 9.89. The molecule has 1 fully saturated rings. The summed E-state index contributed by atoms with van der Waals surface area (Å²) >= 11 is 0. The van der Waals surface area contributed by atoms with E-state index >= 15 is 0 Å². The molecule has 1 aromatic carbocycles. The van der Waals surface area contributed by atoms with Crippen LogP contribution in [-0.4, -0.2) is 22.8 Å². The van der Waals surface area contributed by atoms with Gasteiger partial charge in [0, 0.05) is 24.1 Å². The van der Waals surface area contributed by atoms with Gasteiger partial charge in [-0.1, -0.05) is 12.1 Å². The predicted molar refractivity (Wildman–Crippen MR) is 70.2 cm³/mol. The van der Waals surface area contributed by atoms with Crippen molar-refractivity contribution in [3.8, 4) is 0 Å². The van der Waals surface area contributed by atoms with Crippen LogP contribution in [0.3, 0.4) is 0 Å². The van der Waals surface area contributed by atoms with Gasteiger partial charge in [0.1, 0.15) is 0 Å². The van der Waals surface area contributed by atoms with Gasteiger partial charge in [0.25, 0.3) is 0 Å². The standard InChI is InChI=1S/C15H17NO2/c1-10-13(6-8-18-10)15(17)12-4-5-14-11(9-12)3-2-7-16-14/h2-5,7,9-10,13,15,17H,6,8H2,1H3. The minimum atomic E-state index is -0.452. The van der Waals surface area contributed by atoms with Crippen LogP contribution in [0.15, 0.2) is 36.5 Å². The Morgan fingerprint density at radius 2 is 2.28 bits per heavy atom. The summed E-state index contributed by atoms with van der Waals surface area (Å²) in [5.41, 5.74) is 1.92. The van der Waals surface area contributed by atoms with Crippen LogP contribution in [0, 0.1) is 5.92 Å². The van der Waals surface area contributed by atoms with E-state index in [1.54, 1.807) is 6.20 Å². The van der Waals surface area contributed by atoms with Gasteiger partial charge in [-0.15, -0.1) is 0 Å². The molecule has 3 heteroatoms. The number of pyridine rings is 1. The van der Waals surface area contributed by atoms with Crippen LogP contribution in [0.5, 0.6) is 0 Å². The number of ether oxygens (including phenoxy) is 1. The van der Waals surface area contributed by atoms with Crippen molar-refractivity contribution in [2.24, 2.45) is 5.92 Å². The molecule has 1 aromatic heterocycles. The fourth-order valence-electron chi connectivity index (χ4n) is 2.69. The second-order valence-corrected chi connectivity index (χ2v) is 4.93. The van der Waals surface area contributed by atoms with E-state index < -0.39 is 6.10 Å². The Kier molecular flexibility index (Phi) is 3.02. The Morgan fingerprint density at radius 1 is 1.39 bits per heavy atom. The molecule has 3 nitrogen and oxygen atoms in total. The Labute approximate surface area is 106 Å². The maximum Gasteiger partial charge on any atom is 0.0843 e. The van der Waals surface area contributed by atoms with E-state index in [2.05, 4.69) is 4.98 Å². The zero-order valence-corrected chi connectivity index (χ0v) is 10.4. The summed E-state index contributed by atoms with van der Waals surface area (Å²) in [6.45, 7) is 2.78. The van der Waals surface area contributed by atoms with E-state index in [0.717, 1.165) is 29.5 Å². The van der Waals surface area contributed by atoms with Crippen molar-refractivity contribution in [1.82, 2.24) is 4.98 Å². The molecule has 3 rings (SSSR count). The van der Waals surface area contributed by atoms with Gasteiger partial charge in [0.2, 0.25) is 0 Å². The van der Waals surface area contributed by atoms with E-state index in [0.29, 0.717) is 0 Å². The van der Waals surface area contributed by atoms with Crippen LogP contribution < -0.4 is 0 Å². The average molecular weight is 243 g/mol. The molecule has 1 saturated heterocycles. The van der Waals surface area contributed by atoms with Crippen LogP contribution in [-0.2, 0) is 4.74 Å². The number of nitrogens with zero attached hydrogens (tertiary/aromatic N) is 1. The van der Waals surface area contributed by atoms with Crippen molar-refractivity contribution in [2.75, 3.05) is 6.61 Å². The first kappa shape index (κ1) is 11.6. The molecule has 1 aliphatic rings. The van der Waals surface area contributed by atoms with E-state index in [4.69, 9.17) is 4.74 Å². The van der Waals surface area contributed by atoms with Gasteiger partial charge in [0.15, 0.2) is 0 Å². The Morgan fingerprint density at radius 3 is 3.06 bits per heavy atom. The van der Waals surface area contributed by atoms with Gasteiger partial charge >= 0.3 is 0 Å². The molecular weight excluding hydrogens is 226 g/mol. The number of aliphatic hydroxyl groups is 1. The highest BCUT2D eigenvalue weighted by atomic mass is 16.5. The minimum Gasteiger partial charge on any atom is -0.388 e. The maximum absolute atomic E-state index is 10.4. The zero-order chi connectivity index (χ0) is 12.5. The topological polar surface area (TPSA) is 42.4 Å². The predicted octanol–water partition coefficient (Wildman–Crippen LogP) is 2.69. The van der Waals surface area contributed by atoms with Crippen molar-refractivity contribution in [3.63, 3.8) is 0 Å². The van der Waals surface area contributed by atoms with Gasteiger partial charge < -0.3 is 9.84 Å². The summed E-state index contributed by atoms with van der Waals surface area (Å²) in [6.07, 6.45) is 2.38. The molecule has 2 aromatic rings. The third-order valence-electron chi connectivity index (χ3n) is 3.81. The molecule has 0 amide bonds. The quantitative estimate of drug-likeness (QED) is 0.881. The fraction of sp³-hybridized carbons (Fsp3) is 0.400. The van der Waals surface area contributed by atoms with Crippen LogP contribution in [0.1, 0.15) is 25.0 Å². The van der Waals surface area contributed by atoms with E-state index in [-0.39, 0.29) is 12.0 Å². The Balaban J connectivity index is 1.93. The second-order valence-electron chi connectivity index (χ2n) is 4.93. The van der Waals surface area contributed by atoms with Gasteiger partial charge in [0.05, 0.1) is 17.7 Å². The lowest BCUT2D eigenvalue weighted by Gasteiger charge is -2.21. The van der Waals surface area contributed by atoms with Crippen LogP contribution in [0.4, 0.5) is 0 Å². The number of aromatic nitrogens is 1. The molecule has 0 aliphatic carbocycles. The van der Waals surface area contributed by atoms with Gasteiger partial charge in [-0.3, -0.25) is 4.98 Å². The lowest BCUT2D eigenvalue weighted by atomic mass is 9.90. The summed E-state index contributed by atoms with van der Waals surface area (Å²) in [5.74, 6) is 0.194. The van der Waals surface area contributed by atoms with Crippen LogP contribution in [0.2, 0.25) is 0 Å². The first-order valence-corrected chi connectivity index (χ1v) is 6.40. The number of hydrogen-bond acceptors (Lipinski definition) is 3. The van der Waals surface area contributed by atoms with Crippen LogP contribution >= 0.6 is 0 Å². The van der Waals surface area contributed by atoms with Gasteiger partial charge in [-0.2, -0.15) is 0 Å². The van der Waals surface area contributed by atoms with Crippen LogP contribution in [0.25, 0.3) is 10.9 Å². The molecule has 0 radical (unpaired) electrons. The third kappa shape index (κ3) is 2.00. The molecule has 0 bridgehead atoms. The number of fused-ring (bicyclic) bond motifs is 1. The molecule has 3 unspecified atom stereocenters. The molecular formula is C15H17NO2. The lowest BCUT2D eigenvalue weighted by Crippen LogP contribution is -2.19. The molecule has 1 N–H and O–H groups in total. The van der Waals surface area contributed by atoms with Crippen molar-refractivity contribution in [1.29, 1.82) is 0 Å². The monoisotopic (exact) mass is 243 g/mol. The number of rotatable bonds is 2. The highest BCUT2D eigenvalue weighted by molar-refractivity contribution is 5.79. The second kappa shape index (κ2) is 4.67. The Bertz CT molecular complexity index is 555. The fourth-order valence-corrected chi connectivity index (χ4v) is 2.69. The molecule has 0 saturated carbocycles. The maximum atomic E-state index is 10.4. The lowest BCUT2D eigenvalue weighted by molar-refractivity contribution is 0.0432. The first-order chi connectivity index (χ1) is 8.75. The van der Waals surface area contributed by atoms with E-state index in [1.807, 2.05) is 37.3 Å². The highest BCUT2D eigenvalue weighted by Crippen LogP contribution is 2.33. The van der Waals surface area contributed by atoms with Crippen molar-refractivity contribution in [2.45, 2.75) is 25.6 Å². The largest absolute Gasteiger partial charge is 0.388 e. The average Bonchev–Trinajstić information content (AvgIpc) is 2.83. The molecule has 1 aliphatic heterocycles. The molecule has 3 atom stereocenters. The first-order valence-electron chi connectivity index (χ1n) is 6.40. The summed E-state index contributed by atoms with van der Waals surface area (Å²) in [7, 11) is 0. The van der Waals surface area contributed by atoms with Crippen molar-refractivity contribution < 1.29 is 9.84 Å². The summed E-state index contributed by atoms with van der Waals surface area (Å²) < 4.78 is 5.52. The minimum absolute atomic E-state index is 0.129. The third-order valence-corrected chi connectivity index (χ3v) is 3.81. The zero-order valence-electron chi connectivity index (χ0n) is 10.4. The summed E-state index contributed by atoms with van der Waals surface area (Å²) in [5, 5.41) is 11.5. The normalized spacial score (nSPS) is 25.4. The number of benzene rings is 1. The van der Waals surface area contributed by atoms with Crippen molar-refractivity contribution >= 4 is 10.9 Å².